The van der Waals surface area contributed by atoms with E-state index in [1.165, 1.54) is 45.1 Å². The summed E-state index contributed by atoms with van der Waals surface area (Å²) in [6, 6.07) is 2.27. The average Bonchev–Trinajstić information content (AvgIpc) is 2.95. The molecule has 3 nitrogen and oxygen atoms in total. The van der Waals surface area contributed by atoms with Crippen molar-refractivity contribution in [3.8, 4) is 0 Å². The first kappa shape index (κ1) is 9.13. The van der Waals surface area contributed by atoms with Crippen molar-refractivity contribution in [3.63, 3.8) is 0 Å². The second kappa shape index (κ2) is 3.47. The van der Waals surface area contributed by atoms with Crippen molar-refractivity contribution in [1.29, 1.82) is 0 Å². The van der Waals surface area contributed by atoms with Crippen LogP contribution in [0.5, 0.6) is 0 Å². The highest BCUT2D eigenvalue weighted by atomic mass is 15.3. The van der Waals surface area contributed by atoms with Crippen LogP contribution in [0.15, 0.2) is 0 Å². The number of rotatable bonds is 3. The number of piperidine rings is 1. The van der Waals surface area contributed by atoms with E-state index in [1.54, 1.807) is 0 Å². The Kier molecular flexibility index (Phi) is 2.26. The van der Waals surface area contributed by atoms with Gasteiger partial charge in [0.05, 0.1) is 0 Å². The topological polar surface area (TPSA) is 41.3 Å². The predicted molar refractivity (Wildman–Crippen MR) is 56.6 cm³/mol. The van der Waals surface area contributed by atoms with Gasteiger partial charge in [0.2, 0.25) is 0 Å². The summed E-state index contributed by atoms with van der Waals surface area (Å²) in [6.45, 7) is 1.38. The minimum atomic E-state index is 0.586. The zero-order valence-corrected chi connectivity index (χ0v) is 8.78. The molecule has 2 unspecified atom stereocenters. The summed E-state index contributed by atoms with van der Waals surface area (Å²) in [5.41, 5.74) is 2.97. The average molecular weight is 195 g/mol. The van der Waals surface area contributed by atoms with Crippen molar-refractivity contribution in [2.24, 2.45) is 11.8 Å². The molecule has 1 saturated carbocycles. The number of nitrogens with zero attached hydrogens (tertiary/aromatic N) is 1. The number of hydrogen-bond acceptors (Lipinski definition) is 3. The lowest BCUT2D eigenvalue weighted by Gasteiger charge is -2.38. The smallest absolute Gasteiger partial charge is 0.0240 e. The fourth-order valence-electron chi connectivity index (χ4n) is 3.31. The van der Waals surface area contributed by atoms with Crippen LogP contribution >= 0.6 is 0 Å². The van der Waals surface area contributed by atoms with Gasteiger partial charge >= 0.3 is 0 Å². The summed E-state index contributed by atoms with van der Waals surface area (Å²) in [5, 5.41) is 0. The summed E-state index contributed by atoms with van der Waals surface area (Å²) in [4.78, 5) is 2.78. The largest absolute Gasteiger partial charge is 0.297 e. The van der Waals surface area contributed by atoms with Gasteiger partial charge in [-0.25, -0.2) is 0 Å². The van der Waals surface area contributed by atoms with Crippen molar-refractivity contribution in [3.05, 3.63) is 0 Å². The lowest BCUT2D eigenvalue weighted by Crippen LogP contribution is -2.51. The fraction of sp³-hybridized carbons (Fsp3) is 1.00. The third kappa shape index (κ3) is 1.58. The van der Waals surface area contributed by atoms with Crippen LogP contribution in [0.3, 0.4) is 0 Å². The third-order valence-corrected chi connectivity index (χ3v) is 4.29. The maximum absolute atomic E-state index is 5.55. The van der Waals surface area contributed by atoms with Crippen LogP contribution in [-0.4, -0.2) is 29.6 Å². The van der Waals surface area contributed by atoms with Crippen LogP contribution in [0.2, 0.25) is 0 Å². The molecule has 0 amide bonds. The SMILES string of the molecule is NNC1CC2CCC(C1)N2CC1CC1. The quantitative estimate of drug-likeness (QED) is 0.518. The molecule has 2 saturated heterocycles. The number of nitrogens with two attached hydrogens (primary N) is 1. The molecule has 0 aromatic rings. The van der Waals surface area contributed by atoms with Gasteiger partial charge in [-0.3, -0.25) is 16.2 Å². The van der Waals surface area contributed by atoms with E-state index in [4.69, 9.17) is 5.84 Å². The Morgan fingerprint density at radius 1 is 1.07 bits per heavy atom. The summed E-state index contributed by atoms with van der Waals surface area (Å²) in [5.74, 6) is 6.59. The second-order valence-electron chi connectivity index (χ2n) is 5.36. The molecule has 3 rings (SSSR count). The lowest BCUT2D eigenvalue weighted by atomic mass is 9.97. The summed E-state index contributed by atoms with van der Waals surface area (Å²) >= 11 is 0. The Morgan fingerprint density at radius 3 is 2.21 bits per heavy atom. The molecule has 0 aromatic carbocycles. The molecule has 0 spiro atoms. The minimum Gasteiger partial charge on any atom is -0.297 e. The van der Waals surface area contributed by atoms with Gasteiger partial charge < -0.3 is 0 Å². The molecular formula is C11H21N3. The van der Waals surface area contributed by atoms with E-state index in [9.17, 15) is 0 Å². The Labute approximate surface area is 86.0 Å². The molecule has 0 radical (unpaired) electrons. The standard InChI is InChI=1S/C11H21N3/c12-13-9-5-10-3-4-11(6-9)14(10)7-8-1-2-8/h8-11,13H,1-7,12H2. The van der Waals surface area contributed by atoms with Crippen molar-refractivity contribution in [2.45, 2.75) is 56.7 Å². The molecular weight excluding hydrogens is 174 g/mol. The molecule has 2 heterocycles. The van der Waals surface area contributed by atoms with Gasteiger partial charge in [0.15, 0.2) is 0 Å². The highest BCUT2D eigenvalue weighted by Crippen LogP contribution is 2.39. The van der Waals surface area contributed by atoms with E-state index >= 15 is 0 Å². The number of hydrazine groups is 1. The predicted octanol–water partition coefficient (Wildman–Crippen LogP) is 0.855. The van der Waals surface area contributed by atoms with Gasteiger partial charge in [0.25, 0.3) is 0 Å². The molecule has 3 fully saturated rings. The van der Waals surface area contributed by atoms with Crippen LogP contribution in [0.1, 0.15) is 38.5 Å². The molecule has 14 heavy (non-hydrogen) atoms. The van der Waals surface area contributed by atoms with Crippen LogP contribution in [0.25, 0.3) is 0 Å². The first-order chi connectivity index (χ1) is 6.86. The molecule has 3 N–H and O–H groups in total. The van der Waals surface area contributed by atoms with Crippen LogP contribution < -0.4 is 11.3 Å². The van der Waals surface area contributed by atoms with Crippen LogP contribution in [-0.2, 0) is 0 Å². The molecule has 2 bridgehead atoms. The summed E-state index contributed by atoms with van der Waals surface area (Å²) in [7, 11) is 0. The molecule has 80 valence electrons. The van der Waals surface area contributed by atoms with Crippen LogP contribution in [0, 0.1) is 5.92 Å². The molecule has 3 aliphatic rings. The molecule has 1 aliphatic carbocycles. The van der Waals surface area contributed by atoms with Gasteiger partial charge in [-0.15, -0.1) is 0 Å². The van der Waals surface area contributed by atoms with E-state index in [1.807, 2.05) is 0 Å². The highest BCUT2D eigenvalue weighted by molar-refractivity contribution is 4.98. The van der Waals surface area contributed by atoms with Crippen molar-refractivity contribution in [1.82, 2.24) is 10.3 Å². The van der Waals surface area contributed by atoms with Crippen LogP contribution in [0.4, 0.5) is 0 Å². The maximum Gasteiger partial charge on any atom is 0.0240 e. The zero-order valence-electron chi connectivity index (χ0n) is 8.78. The fourth-order valence-corrected chi connectivity index (χ4v) is 3.31. The second-order valence-corrected chi connectivity index (χ2v) is 5.36. The molecule has 2 atom stereocenters. The van der Waals surface area contributed by atoms with E-state index in [0.717, 1.165) is 18.0 Å². The van der Waals surface area contributed by atoms with Crippen molar-refractivity contribution >= 4 is 0 Å². The summed E-state index contributed by atoms with van der Waals surface area (Å²) < 4.78 is 0. The molecule has 3 heteroatoms. The molecule has 0 aromatic heterocycles. The Morgan fingerprint density at radius 2 is 1.71 bits per heavy atom. The maximum atomic E-state index is 5.55. The first-order valence-electron chi connectivity index (χ1n) is 6.08. The van der Waals surface area contributed by atoms with Gasteiger partial charge in [0, 0.05) is 24.7 Å². The molecule has 2 aliphatic heterocycles. The van der Waals surface area contributed by atoms with Crippen molar-refractivity contribution < 1.29 is 0 Å². The van der Waals surface area contributed by atoms with E-state index in [2.05, 4.69) is 10.3 Å². The Balaban J connectivity index is 1.64. The first-order valence-corrected chi connectivity index (χ1v) is 6.08. The minimum absolute atomic E-state index is 0.586. The monoisotopic (exact) mass is 195 g/mol. The normalized spacial score (nSPS) is 43.1. The number of nitrogens with one attached hydrogen (secondary N) is 1. The number of fused-ring (bicyclic) bond motifs is 2. The van der Waals surface area contributed by atoms with E-state index in [0.29, 0.717) is 6.04 Å². The van der Waals surface area contributed by atoms with E-state index in [-0.39, 0.29) is 0 Å². The van der Waals surface area contributed by atoms with Gasteiger partial charge in [-0.2, -0.15) is 0 Å². The Bertz CT molecular complexity index is 201. The van der Waals surface area contributed by atoms with Gasteiger partial charge in [0.1, 0.15) is 0 Å². The van der Waals surface area contributed by atoms with E-state index < -0.39 is 0 Å². The van der Waals surface area contributed by atoms with Gasteiger partial charge in [-0.1, -0.05) is 0 Å². The zero-order chi connectivity index (χ0) is 9.54. The lowest BCUT2D eigenvalue weighted by molar-refractivity contribution is 0.112. The van der Waals surface area contributed by atoms with Gasteiger partial charge in [-0.05, 0) is 44.4 Å². The number of hydrogen-bond donors (Lipinski definition) is 2. The third-order valence-electron chi connectivity index (χ3n) is 4.29. The Hall–Kier alpha value is -0.120. The van der Waals surface area contributed by atoms with Crippen molar-refractivity contribution in [2.75, 3.05) is 6.54 Å². The summed E-state index contributed by atoms with van der Waals surface area (Å²) in [6.07, 6.45) is 8.34. The highest BCUT2D eigenvalue weighted by Gasteiger charge is 2.42.